The number of anilines is 1. The van der Waals surface area contributed by atoms with Crippen LogP contribution in [0.15, 0.2) is 18.2 Å². The molecule has 82 valence electrons. The van der Waals surface area contributed by atoms with Crippen LogP contribution < -0.4 is 5.73 Å². The molecule has 0 unspecified atom stereocenters. The molecule has 0 saturated carbocycles. The van der Waals surface area contributed by atoms with Crippen molar-refractivity contribution < 1.29 is 19.4 Å². The average Bonchev–Trinajstić information content (AvgIpc) is 2.22. The summed E-state index contributed by atoms with van der Waals surface area (Å²) in [4.78, 5) is 11.4. The third kappa shape index (κ3) is 3.14. The highest BCUT2D eigenvalue weighted by Crippen LogP contribution is 2.20. The number of phenolic OH excluding ortho intramolecular Hbond substituents is 1. The first-order chi connectivity index (χ1) is 7.15. The van der Waals surface area contributed by atoms with Crippen molar-refractivity contribution in [3.05, 3.63) is 23.8 Å². The molecule has 0 atom stereocenters. The molecular weight excluding hydrogens is 198 g/mol. The summed E-state index contributed by atoms with van der Waals surface area (Å²) in [5.74, 6) is -0.640. The van der Waals surface area contributed by atoms with E-state index in [-0.39, 0.29) is 23.6 Å². The predicted molar refractivity (Wildman–Crippen MR) is 54.7 cm³/mol. The van der Waals surface area contributed by atoms with Gasteiger partial charge in [-0.25, -0.2) is 4.79 Å². The number of aromatic hydroxyl groups is 1. The van der Waals surface area contributed by atoms with Gasteiger partial charge in [-0.05, 0) is 18.2 Å². The van der Waals surface area contributed by atoms with Crippen LogP contribution in [0.25, 0.3) is 0 Å². The maximum atomic E-state index is 11.4. The van der Waals surface area contributed by atoms with Gasteiger partial charge < -0.3 is 20.3 Å². The quantitative estimate of drug-likeness (QED) is 0.333. The standard InChI is InChI=1S/C10H13NO4/c1-14-4-5-15-10(13)7-2-3-8(11)9(12)6-7/h2-3,6,12H,4-5,11H2,1H3. The van der Waals surface area contributed by atoms with Crippen molar-refractivity contribution in [1.82, 2.24) is 0 Å². The highest BCUT2D eigenvalue weighted by atomic mass is 16.6. The highest BCUT2D eigenvalue weighted by Gasteiger charge is 2.08. The highest BCUT2D eigenvalue weighted by molar-refractivity contribution is 5.90. The summed E-state index contributed by atoms with van der Waals surface area (Å²) < 4.78 is 9.57. The van der Waals surface area contributed by atoms with Crippen molar-refractivity contribution in [3.8, 4) is 5.75 Å². The van der Waals surface area contributed by atoms with Crippen LogP contribution >= 0.6 is 0 Å². The first-order valence-corrected chi connectivity index (χ1v) is 4.39. The number of rotatable bonds is 4. The molecule has 1 aromatic rings. The second-order valence-corrected chi connectivity index (χ2v) is 2.90. The largest absolute Gasteiger partial charge is 0.506 e. The Morgan fingerprint density at radius 2 is 2.20 bits per heavy atom. The number of hydrogen-bond acceptors (Lipinski definition) is 5. The molecule has 0 fully saturated rings. The Labute approximate surface area is 87.4 Å². The molecule has 0 heterocycles. The van der Waals surface area contributed by atoms with Gasteiger partial charge in [0, 0.05) is 7.11 Å². The van der Waals surface area contributed by atoms with Crippen molar-refractivity contribution in [2.75, 3.05) is 26.1 Å². The Morgan fingerprint density at radius 3 is 2.80 bits per heavy atom. The summed E-state index contributed by atoms with van der Waals surface area (Å²) in [6.07, 6.45) is 0. The van der Waals surface area contributed by atoms with E-state index in [0.29, 0.717) is 6.61 Å². The van der Waals surface area contributed by atoms with Crippen molar-refractivity contribution >= 4 is 11.7 Å². The Hall–Kier alpha value is -1.75. The van der Waals surface area contributed by atoms with Crippen LogP contribution in [-0.4, -0.2) is 31.4 Å². The molecule has 0 aliphatic carbocycles. The van der Waals surface area contributed by atoms with E-state index in [4.69, 9.17) is 15.2 Å². The second-order valence-electron chi connectivity index (χ2n) is 2.90. The molecule has 0 amide bonds. The van der Waals surface area contributed by atoms with Gasteiger partial charge in [-0.2, -0.15) is 0 Å². The number of hydrogen-bond donors (Lipinski definition) is 2. The molecule has 0 aliphatic rings. The van der Waals surface area contributed by atoms with E-state index < -0.39 is 5.97 Å². The molecule has 15 heavy (non-hydrogen) atoms. The molecule has 5 nitrogen and oxygen atoms in total. The normalized spacial score (nSPS) is 9.93. The molecule has 5 heteroatoms. The maximum absolute atomic E-state index is 11.4. The Morgan fingerprint density at radius 1 is 1.47 bits per heavy atom. The number of benzene rings is 1. The Bertz CT molecular complexity index is 351. The van der Waals surface area contributed by atoms with Crippen LogP contribution in [-0.2, 0) is 9.47 Å². The van der Waals surface area contributed by atoms with Gasteiger partial charge in [-0.3, -0.25) is 0 Å². The minimum absolute atomic E-state index is 0.129. The van der Waals surface area contributed by atoms with Crippen molar-refractivity contribution in [2.45, 2.75) is 0 Å². The van der Waals surface area contributed by atoms with Gasteiger partial charge >= 0.3 is 5.97 Å². The molecule has 0 aromatic heterocycles. The summed E-state index contributed by atoms with van der Waals surface area (Å²) in [5.41, 5.74) is 5.88. The van der Waals surface area contributed by atoms with Crippen LogP contribution in [0.4, 0.5) is 5.69 Å². The molecule has 1 aromatic carbocycles. The van der Waals surface area contributed by atoms with Crippen LogP contribution in [0.5, 0.6) is 5.75 Å². The number of phenols is 1. The monoisotopic (exact) mass is 211 g/mol. The topological polar surface area (TPSA) is 81.8 Å². The van der Waals surface area contributed by atoms with E-state index in [2.05, 4.69) is 0 Å². The fourth-order valence-electron chi connectivity index (χ4n) is 0.972. The fourth-order valence-corrected chi connectivity index (χ4v) is 0.972. The van der Waals surface area contributed by atoms with Gasteiger partial charge in [0.15, 0.2) is 0 Å². The number of carbonyl (C=O) groups excluding carboxylic acids is 1. The molecule has 0 radical (unpaired) electrons. The van der Waals surface area contributed by atoms with E-state index in [1.807, 2.05) is 0 Å². The maximum Gasteiger partial charge on any atom is 0.338 e. The third-order valence-electron chi connectivity index (χ3n) is 1.79. The van der Waals surface area contributed by atoms with Crippen LogP contribution in [0.3, 0.4) is 0 Å². The molecule has 1 rings (SSSR count). The molecule has 0 saturated heterocycles. The zero-order valence-corrected chi connectivity index (χ0v) is 8.40. The van der Waals surface area contributed by atoms with E-state index in [1.54, 1.807) is 0 Å². The summed E-state index contributed by atoms with van der Waals surface area (Å²) in [6.45, 7) is 0.521. The fraction of sp³-hybridized carbons (Fsp3) is 0.300. The predicted octanol–water partition coefficient (Wildman–Crippen LogP) is 0.778. The Balaban J connectivity index is 2.62. The summed E-state index contributed by atoms with van der Waals surface area (Å²) in [6, 6.07) is 4.21. The van der Waals surface area contributed by atoms with Gasteiger partial charge in [0.05, 0.1) is 17.9 Å². The lowest BCUT2D eigenvalue weighted by atomic mass is 10.2. The third-order valence-corrected chi connectivity index (χ3v) is 1.79. The van der Waals surface area contributed by atoms with Crippen LogP contribution in [0.1, 0.15) is 10.4 Å². The lowest BCUT2D eigenvalue weighted by Gasteiger charge is -2.05. The zero-order valence-electron chi connectivity index (χ0n) is 8.40. The van der Waals surface area contributed by atoms with Gasteiger partial charge in [0.1, 0.15) is 12.4 Å². The number of carbonyl (C=O) groups is 1. The second kappa shape index (κ2) is 5.21. The number of methoxy groups -OCH3 is 1. The first-order valence-electron chi connectivity index (χ1n) is 4.39. The molecule has 3 N–H and O–H groups in total. The van der Waals surface area contributed by atoms with E-state index >= 15 is 0 Å². The SMILES string of the molecule is COCCOC(=O)c1ccc(N)c(O)c1. The summed E-state index contributed by atoms with van der Waals surface area (Å²) >= 11 is 0. The van der Waals surface area contributed by atoms with Gasteiger partial charge in [-0.15, -0.1) is 0 Å². The minimum Gasteiger partial charge on any atom is -0.506 e. The van der Waals surface area contributed by atoms with Crippen molar-refractivity contribution in [2.24, 2.45) is 0 Å². The summed E-state index contributed by atoms with van der Waals surface area (Å²) in [7, 11) is 1.52. The molecule has 0 aliphatic heterocycles. The number of nitrogens with two attached hydrogens (primary N) is 1. The number of nitrogen functional groups attached to an aromatic ring is 1. The van der Waals surface area contributed by atoms with Crippen molar-refractivity contribution in [3.63, 3.8) is 0 Å². The number of ether oxygens (including phenoxy) is 2. The minimum atomic E-state index is -0.512. The summed E-state index contributed by atoms with van der Waals surface area (Å²) in [5, 5.41) is 9.26. The number of esters is 1. The van der Waals surface area contributed by atoms with Crippen LogP contribution in [0.2, 0.25) is 0 Å². The lowest BCUT2D eigenvalue weighted by molar-refractivity contribution is 0.0388. The van der Waals surface area contributed by atoms with Crippen molar-refractivity contribution in [1.29, 1.82) is 0 Å². The van der Waals surface area contributed by atoms with E-state index in [1.165, 1.54) is 25.3 Å². The van der Waals surface area contributed by atoms with Gasteiger partial charge in [0.25, 0.3) is 0 Å². The smallest absolute Gasteiger partial charge is 0.338 e. The molecule has 0 bridgehead atoms. The lowest BCUT2D eigenvalue weighted by Crippen LogP contribution is -2.09. The van der Waals surface area contributed by atoms with E-state index in [9.17, 15) is 9.90 Å². The first kappa shape index (κ1) is 11.3. The molecular formula is C10H13NO4. The van der Waals surface area contributed by atoms with Gasteiger partial charge in [-0.1, -0.05) is 0 Å². The zero-order chi connectivity index (χ0) is 11.3. The van der Waals surface area contributed by atoms with Gasteiger partial charge in [0.2, 0.25) is 0 Å². The van der Waals surface area contributed by atoms with E-state index in [0.717, 1.165) is 0 Å². The Kier molecular flexibility index (Phi) is 3.93. The van der Waals surface area contributed by atoms with Crippen LogP contribution in [0, 0.1) is 0 Å². The molecule has 0 spiro atoms. The average molecular weight is 211 g/mol.